The summed E-state index contributed by atoms with van der Waals surface area (Å²) in [5, 5.41) is 7.07. The van der Waals surface area contributed by atoms with Crippen molar-refractivity contribution in [2.24, 2.45) is 5.92 Å². The predicted molar refractivity (Wildman–Crippen MR) is 38.3 cm³/mol. The largest absolute Gasteiger partial charge is 0.309 e. The number of Topliss-reactive ketones (excluding diaryl/α,β-unsaturated/α-hetero) is 2. The third kappa shape index (κ3) is 4.05. The van der Waals surface area contributed by atoms with Crippen molar-refractivity contribution in [1.29, 1.82) is 5.41 Å². The van der Waals surface area contributed by atoms with Crippen LogP contribution in [0.25, 0.3) is 0 Å². The van der Waals surface area contributed by atoms with Gasteiger partial charge in [-0.25, -0.2) is 0 Å². The number of hydrogen-bond acceptors (Lipinski definition) is 3. The summed E-state index contributed by atoms with van der Waals surface area (Å²) in [5.74, 6) is -1.31. The summed E-state index contributed by atoms with van der Waals surface area (Å²) in [6.07, 6.45) is 0. The van der Waals surface area contributed by atoms with E-state index < -0.39 is 5.92 Å². The Morgan fingerprint density at radius 1 is 1.09 bits per heavy atom. The Morgan fingerprint density at radius 3 is 1.36 bits per heavy atom. The fourth-order valence-corrected chi connectivity index (χ4v) is 0.896. The quantitative estimate of drug-likeness (QED) is 0.541. The number of carbonyl (C=O) groups is 2. The summed E-state index contributed by atoms with van der Waals surface area (Å²) in [4.78, 5) is 21.3. The second kappa shape index (κ2) is 5.20. The van der Waals surface area contributed by atoms with Crippen molar-refractivity contribution in [3.63, 3.8) is 0 Å². The molecule has 3 nitrogen and oxygen atoms in total. The second-order valence-corrected chi connectivity index (χ2v) is 2.34. The Hall–Kier alpha value is -0.484. The molecule has 0 unspecified atom stereocenters. The van der Waals surface area contributed by atoms with E-state index in [1.165, 1.54) is 20.8 Å². The maximum absolute atomic E-state index is 10.7. The first-order chi connectivity index (χ1) is 4.46. The minimum atomic E-state index is -0.806. The smallest absolute Gasteiger partial charge is 0.145 e. The zero-order valence-corrected chi connectivity index (χ0v) is 7.77. The predicted octanol–water partition coefficient (Wildman–Crippen LogP) is 0.818. The fourth-order valence-electron chi connectivity index (χ4n) is 0.896. The third-order valence-electron chi connectivity index (χ3n) is 1.25. The maximum atomic E-state index is 10.7. The zero-order chi connectivity index (χ0) is 8.31. The molecule has 11 heavy (non-hydrogen) atoms. The van der Waals surface area contributed by atoms with Crippen LogP contribution < -0.4 is 0 Å². The molecule has 0 rings (SSSR count). The number of hydrogen-bond donors (Lipinski definition) is 1. The van der Waals surface area contributed by atoms with Gasteiger partial charge in [-0.3, -0.25) is 9.59 Å². The number of nitrogens with one attached hydrogen (secondary N) is 1. The summed E-state index contributed by atoms with van der Waals surface area (Å²) >= 11 is 0. The molecule has 0 aromatic heterocycles. The van der Waals surface area contributed by atoms with E-state index >= 15 is 0 Å². The number of ketones is 2. The first kappa shape index (κ1) is 13.1. The van der Waals surface area contributed by atoms with Crippen LogP contribution in [0.15, 0.2) is 0 Å². The van der Waals surface area contributed by atoms with Crippen LogP contribution in [-0.2, 0) is 26.4 Å². The van der Waals surface area contributed by atoms with Crippen LogP contribution in [0.4, 0.5) is 0 Å². The number of rotatable bonds is 3. The average molecular weight is 200 g/mol. The molecule has 0 aliphatic carbocycles. The maximum Gasteiger partial charge on any atom is 0.145 e. The van der Waals surface area contributed by atoms with Gasteiger partial charge in [0.25, 0.3) is 0 Å². The first-order valence-corrected chi connectivity index (χ1v) is 3.02. The van der Waals surface area contributed by atoms with Crippen LogP contribution in [0.2, 0.25) is 0 Å². The molecule has 0 saturated carbocycles. The summed E-state index contributed by atoms with van der Waals surface area (Å²) in [5.41, 5.74) is 0.125. The van der Waals surface area contributed by atoms with Gasteiger partial charge in [0, 0.05) is 22.5 Å². The molecule has 1 N–H and O–H groups in total. The molecule has 0 aliphatic rings. The molecular weight excluding hydrogens is 189 g/mol. The van der Waals surface area contributed by atoms with Crippen molar-refractivity contribution in [3.05, 3.63) is 0 Å². The van der Waals surface area contributed by atoms with Crippen LogP contribution in [-0.4, -0.2) is 17.3 Å². The Kier molecular flexibility index (Phi) is 6.21. The molecule has 0 fully saturated rings. The molecule has 0 spiro atoms. The molecule has 0 aromatic rings. The van der Waals surface area contributed by atoms with Gasteiger partial charge in [-0.2, -0.15) is 0 Å². The standard InChI is InChI=1S/C7H11NO2.Co/c1-4(8)7(5(2)9)6(3)10;/h7-8H,1-3H3;. The van der Waals surface area contributed by atoms with Crippen molar-refractivity contribution < 1.29 is 26.4 Å². The van der Waals surface area contributed by atoms with Gasteiger partial charge in [0.2, 0.25) is 0 Å². The van der Waals surface area contributed by atoms with Crippen molar-refractivity contribution in [2.45, 2.75) is 20.8 Å². The second-order valence-electron chi connectivity index (χ2n) is 2.34. The van der Waals surface area contributed by atoms with Gasteiger partial charge >= 0.3 is 0 Å². The van der Waals surface area contributed by atoms with E-state index in [0.717, 1.165) is 0 Å². The van der Waals surface area contributed by atoms with Crippen LogP contribution in [0.1, 0.15) is 20.8 Å². The SMILES string of the molecule is CC(=N)C(C(C)=O)C(C)=O.[Co]. The zero-order valence-electron chi connectivity index (χ0n) is 6.73. The molecule has 0 bridgehead atoms. The van der Waals surface area contributed by atoms with Crippen LogP contribution in [0.5, 0.6) is 0 Å². The van der Waals surface area contributed by atoms with Crippen molar-refractivity contribution in [2.75, 3.05) is 0 Å². The van der Waals surface area contributed by atoms with Gasteiger partial charge in [-0.05, 0) is 20.8 Å². The minimum absolute atomic E-state index is 0. The summed E-state index contributed by atoms with van der Waals surface area (Å²) < 4.78 is 0. The molecule has 65 valence electrons. The summed E-state index contributed by atoms with van der Waals surface area (Å²) in [7, 11) is 0. The molecule has 0 atom stereocenters. The average Bonchev–Trinajstić information content (AvgIpc) is 1.59. The Balaban J connectivity index is 0. The fraction of sp³-hybridized carbons (Fsp3) is 0.571. The van der Waals surface area contributed by atoms with Crippen LogP contribution >= 0.6 is 0 Å². The minimum Gasteiger partial charge on any atom is -0.309 e. The summed E-state index contributed by atoms with van der Waals surface area (Å²) in [6, 6.07) is 0. The topological polar surface area (TPSA) is 58.0 Å². The molecule has 0 aliphatic heterocycles. The molecule has 1 radical (unpaired) electrons. The van der Waals surface area contributed by atoms with E-state index in [9.17, 15) is 9.59 Å². The molecule has 0 amide bonds. The Morgan fingerprint density at radius 2 is 1.36 bits per heavy atom. The monoisotopic (exact) mass is 200 g/mol. The van der Waals surface area contributed by atoms with E-state index in [1.54, 1.807) is 0 Å². The van der Waals surface area contributed by atoms with Gasteiger partial charge in [-0.1, -0.05) is 0 Å². The molecule has 0 aromatic carbocycles. The molecule has 0 heterocycles. The van der Waals surface area contributed by atoms with E-state index in [2.05, 4.69) is 0 Å². The van der Waals surface area contributed by atoms with Crippen LogP contribution in [0, 0.1) is 11.3 Å². The van der Waals surface area contributed by atoms with Gasteiger partial charge in [0.05, 0.1) is 0 Å². The van der Waals surface area contributed by atoms with Gasteiger partial charge < -0.3 is 5.41 Å². The van der Waals surface area contributed by atoms with E-state index in [4.69, 9.17) is 5.41 Å². The van der Waals surface area contributed by atoms with Crippen molar-refractivity contribution in [1.82, 2.24) is 0 Å². The molecule has 4 heteroatoms. The van der Waals surface area contributed by atoms with Crippen molar-refractivity contribution >= 4 is 17.3 Å². The van der Waals surface area contributed by atoms with Crippen LogP contribution in [0.3, 0.4) is 0 Å². The molecule has 0 saturated heterocycles. The van der Waals surface area contributed by atoms with Gasteiger partial charge in [0.1, 0.15) is 17.5 Å². The normalized spacial score (nSPS) is 8.73. The molecular formula is C7H11CoNO2. The van der Waals surface area contributed by atoms with Crippen molar-refractivity contribution in [3.8, 4) is 0 Å². The third-order valence-corrected chi connectivity index (χ3v) is 1.25. The Labute approximate surface area is 76.3 Å². The first-order valence-electron chi connectivity index (χ1n) is 3.02. The van der Waals surface area contributed by atoms with E-state index in [-0.39, 0.29) is 34.1 Å². The van der Waals surface area contributed by atoms with E-state index in [1.807, 2.05) is 0 Å². The van der Waals surface area contributed by atoms with Gasteiger partial charge in [0.15, 0.2) is 0 Å². The van der Waals surface area contributed by atoms with E-state index in [0.29, 0.717) is 0 Å². The Bertz CT molecular complexity index is 156. The van der Waals surface area contributed by atoms with Gasteiger partial charge in [-0.15, -0.1) is 0 Å². The summed E-state index contributed by atoms with van der Waals surface area (Å²) in [6.45, 7) is 4.11. The number of carbonyl (C=O) groups excluding carboxylic acids is 2.